The summed E-state index contributed by atoms with van der Waals surface area (Å²) in [5.41, 5.74) is 0.772. The molecule has 1 atom stereocenters. The van der Waals surface area contributed by atoms with Crippen LogP contribution < -0.4 is 14.8 Å². The number of carbonyl (C=O) groups is 2. The largest absolute Gasteiger partial charge is 0.488 e. The van der Waals surface area contributed by atoms with Crippen molar-refractivity contribution in [3.8, 4) is 17.4 Å². The molecule has 2 amide bonds. The summed E-state index contributed by atoms with van der Waals surface area (Å²) in [6.45, 7) is 3.05. The lowest BCUT2D eigenvalue weighted by atomic mass is 10.1. The first-order valence-corrected chi connectivity index (χ1v) is 10.6. The number of amides is 2. The molecule has 3 aromatic rings. The van der Waals surface area contributed by atoms with Crippen LogP contribution in [-0.2, 0) is 7.05 Å². The van der Waals surface area contributed by atoms with Crippen molar-refractivity contribution < 1.29 is 24.2 Å². The molecule has 33 heavy (non-hydrogen) atoms. The molecule has 0 aliphatic carbocycles. The third-order valence-electron chi connectivity index (χ3n) is 5.04. The van der Waals surface area contributed by atoms with Crippen LogP contribution in [-0.4, -0.2) is 62.4 Å². The average molecular weight is 451 g/mol. The van der Waals surface area contributed by atoms with E-state index in [-0.39, 0.29) is 24.0 Å². The molecule has 1 saturated heterocycles. The van der Waals surface area contributed by atoms with Gasteiger partial charge in [-0.3, -0.25) is 14.3 Å². The first kappa shape index (κ1) is 22.3. The van der Waals surface area contributed by atoms with Crippen LogP contribution in [0.4, 0.5) is 5.82 Å². The summed E-state index contributed by atoms with van der Waals surface area (Å²) in [4.78, 5) is 31.1. The topological polar surface area (TPSA) is 119 Å². The van der Waals surface area contributed by atoms with Crippen LogP contribution in [0.3, 0.4) is 0 Å². The van der Waals surface area contributed by atoms with Gasteiger partial charge in [-0.25, -0.2) is 4.98 Å². The van der Waals surface area contributed by atoms with Crippen LogP contribution in [0.2, 0.25) is 0 Å². The number of rotatable bonds is 8. The lowest BCUT2D eigenvalue weighted by Gasteiger charge is -2.30. The number of nitrogens with zero attached hydrogens (tertiary/aromatic N) is 4. The predicted octanol–water partition coefficient (Wildman–Crippen LogP) is 2.47. The van der Waals surface area contributed by atoms with E-state index < -0.39 is 12.0 Å². The van der Waals surface area contributed by atoms with Crippen LogP contribution in [0.25, 0.3) is 0 Å². The van der Waals surface area contributed by atoms with Crippen molar-refractivity contribution >= 4 is 17.6 Å². The minimum atomic E-state index is -0.475. The number of benzene rings is 1. The first-order chi connectivity index (χ1) is 15.9. The van der Waals surface area contributed by atoms with Gasteiger partial charge in [0, 0.05) is 56.3 Å². The van der Waals surface area contributed by atoms with Gasteiger partial charge in [0.05, 0.1) is 12.2 Å². The van der Waals surface area contributed by atoms with Gasteiger partial charge in [0.25, 0.3) is 11.8 Å². The van der Waals surface area contributed by atoms with Gasteiger partial charge in [-0.1, -0.05) is 0 Å². The molecule has 0 bridgehead atoms. The molecule has 10 heteroatoms. The van der Waals surface area contributed by atoms with Crippen molar-refractivity contribution in [1.82, 2.24) is 19.7 Å². The van der Waals surface area contributed by atoms with Gasteiger partial charge in [-0.05, 0) is 31.5 Å². The quantitative estimate of drug-likeness (QED) is 0.540. The number of hydrogen-bond donors (Lipinski definition) is 2. The zero-order valence-corrected chi connectivity index (χ0v) is 18.4. The van der Waals surface area contributed by atoms with Crippen LogP contribution >= 0.6 is 0 Å². The van der Waals surface area contributed by atoms with Crippen molar-refractivity contribution in [3.05, 3.63) is 59.9 Å². The number of hydrogen-bond acceptors (Lipinski definition) is 7. The van der Waals surface area contributed by atoms with Crippen LogP contribution in [0.5, 0.6) is 17.4 Å². The standard InChI is InChI=1S/C23H25N5O5/c1-15(14-29)32-18-10-17(22(30)25-20-6-9-27(2)26-20)11-19(12-18)33-21-5-4-16(13-24-21)23(31)28-7-3-8-28/h4-6,9-13,15,29H,3,7-8,14H2,1-2H3,(H,25,26,30)/t15-/m0/s1. The molecule has 1 aliphatic rings. The van der Waals surface area contributed by atoms with E-state index >= 15 is 0 Å². The minimum Gasteiger partial charge on any atom is -0.488 e. The number of ether oxygens (including phenoxy) is 2. The summed E-state index contributed by atoms with van der Waals surface area (Å²) in [7, 11) is 1.75. The SMILES string of the molecule is C[C@@H](CO)Oc1cc(Oc2ccc(C(=O)N3CCC3)cn2)cc(C(=O)Nc2ccn(C)n2)c1. The molecule has 2 N–H and O–H groups in total. The van der Waals surface area contributed by atoms with E-state index in [1.54, 1.807) is 66.1 Å². The Morgan fingerprint density at radius 3 is 2.55 bits per heavy atom. The van der Waals surface area contributed by atoms with E-state index in [1.807, 2.05) is 0 Å². The molecule has 10 nitrogen and oxygen atoms in total. The van der Waals surface area contributed by atoms with Crippen molar-refractivity contribution in [2.24, 2.45) is 7.05 Å². The second kappa shape index (κ2) is 9.70. The second-order valence-corrected chi connectivity index (χ2v) is 7.77. The fourth-order valence-corrected chi connectivity index (χ4v) is 3.16. The Morgan fingerprint density at radius 1 is 1.15 bits per heavy atom. The summed E-state index contributed by atoms with van der Waals surface area (Å²) in [5.74, 6) is 0.886. The molecule has 4 rings (SSSR count). The number of aryl methyl sites for hydroxylation is 1. The normalized spacial score (nSPS) is 13.7. The van der Waals surface area contributed by atoms with E-state index in [0.29, 0.717) is 22.9 Å². The summed E-state index contributed by atoms with van der Waals surface area (Å²) in [5, 5.41) is 16.2. The molecule has 0 unspecified atom stereocenters. The summed E-state index contributed by atoms with van der Waals surface area (Å²) < 4.78 is 13.1. The number of pyridine rings is 1. The Morgan fingerprint density at radius 2 is 1.94 bits per heavy atom. The Balaban J connectivity index is 1.54. The molecule has 1 aromatic carbocycles. The molecule has 1 fully saturated rings. The molecule has 172 valence electrons. The predicted molar refractivity (Wildman–Crippen MR) is 120 cm³/mol. The monoisotopic (exact) mass is 451 g/mol. The molecular weight excluding hydrogens is 426 g/mol. The van der Waals surface area contributed by atoms with E-state index in [9.17, 15) is 14.7 Å². The van der Waals surface area contributed by atoms with E-state index in [2.05, 4.69) is 15.4 Å². The Kier molecular flexibility index (Phi) is 6.55. The van der Waals surface area contributed by atoms with Gasteiger partial charge in [-0.15, -0.1) is 0 Å². The molecule has 2 aromatic heterocycles. The average Bonchev–Trinajstić information content (AvgIpc) is 3.17. The number of nitrogens with one attached hydrogen (secondary N) is 1. The molecule has 3 heterocycles. The summed E-state index contributed by atoms with van der Waals surface area (Å²) >= 11 is 0. The highest BCUT2D eigenvalue weighted by molar-refractivity contribution is 6.04. The zero-order chi connectivity index (χ0) is 23.4. The Bertz CT molecular complexity index is 1140. The lowest BCUT2D eigenvalue weighted by molar-refractivity contribution is 0.0651. The number of anilines is 1. The Hall–Kier alpha value is -3.92. The van der Waals surface area contributed by atoms with Gasteiger partial charge < -0.3 is 24.8 Å². The van der Waals surface area contributed by atoms with Crippen molar-refractivity contribution in [2.75, 3.05) is 25.0 Å². The molecule has 0 radical (unpaired) electrons. The van der Waals surface area contributed by atoms with Crippen molar-refractivity contribution in [1.29, 1.82) is 0 Å². The number of aliphatic hydroxyl groups excluding tert-OH is 1. The smallest absolute Gasteiger partial charge is 0.257 e. The molecular formula is C23H25N5O5. The van der Waals surface area contributed by atoms with E-state index in [4.69, 9.17) is 9.47 Å². The maximum atomic E-state index is 12.8. The fourth-order valence-electron chi connectivity index (χ4n) is 3.16. The maximum absolute atomic E-state index is 12.8. The van der Waals surface area contributed by atoms with Crippen LogP contribution in [0.1, 0.15) is 34.1 Å². The van der Waals surface area contributed by atoms with E-state index in [1.165, 1.54) is 6.20 Å². The third kappa shape index (κ3) is 5.47. The van der Waals surface area contributed by atoms with Gasteiger partial charge >= 0.3 is 0 Å². The second-order valence-electron chi connectivity index (χ2n) is 7.77. The number of likely N-dealkylation sites (tertiary alicyclic amines) is 1. The maximum Gasteiger partial charge on any atom is 0.257 e. The van der Waals surface area contributed by atoms with Crippen LogP contribution in [0.15, 0.2) is 48.8 Å². The number of aliphatic hydroxyl groups is 1. The zero-order valence-electron chi connectivity index (χ0n) is 18.4. The minimum absolute atomic E-state index is 0.0535. The molecule has 1 aliphatic heterocycles. The van der Waals surface area contributed by atoms with Gasteiger partial charge in [0.15, 0.2) is 5.82 Å². The third-order valence-corrected chi connectivity index (χ3v) is 5.04. The van der Waals surface area contributed by atoms with Crippen molar-refractivity contribution in [2.45, 2.75) is 19.4 Å². The highest BCUT2D eigenvalue weighted by Gasteiger charge is 2.22. The highest BCUT2D eigenvalue weighted by atomic mass is 16.5. The highest BCUT2D eigenvalue weighted by Crippen LogP contribution is 2.28. The summed E-state index contributed by atoms with van der Waals surface area (Å²) in [6, 6.07) is 9.65. The summed E-state index contributed by atoms with van der Waals surface area (Å²) in [6.07, 6.45) is 3.73. The first-order valence-electron chi connectivity index (χ1n) is 10.6. The Labute approximate surface area is 190 Å². The number of carbonyl (C=O) groups excluding carboxylic acids is 2. The fraction of sp³-hybridized carbons (Fsp3) is 0.304. The van der Waals surface area contributed by atoms with Gasteiger partial charge in [0.2, 0.25) is 5.88 Å². The lowest BCUT2D eigenvalue weighted by Crippen LogP contribution is -2.42. The molecule has 0 saturated carbocycles. The van der Waals surface area contributed by atoms with E-state index in [0.717, 1.165) is 19.5 Å². The van der Waals surface area contributed by atoms with Crippen molar-refractivity contribution in [3.63, 3.8) is 0 Å². The van der Waals surface area contributed by atoms with Gasteiger partial charge in [0.1, 0.15) is 17.6 Å². The van der Waals surface area contributed by atoms with Crippen LogP contribution in [0, 0.1) is 0 Å². The molecule has 0 spiro atoms. The number of aromatic nitrogens is 3. The van der Waals surface area contributed by atoms with Gasteiger partial charge in [-0.2, -0.15) is 5.10 Å².